The molecule has 0 aromatic heterocycles. The average Bonchev–Trinajstić information content (AvgIpc) is 2.99. The van der Waals surface area contributed by atoms with Crippen molar-refractivity contribution in [2.45, 2.75) is 19.3 Å². The predicted molar refractivity (Wildman–Crippen MR) is 118 cm³/mol. The van der Waals surface area contributed by atoms with E-state index in [1.54, 1.807) is 0 Å². The Bertz CT molecular complexity index is 1040. The van der Waals surface area contributed by atoms with Crippen molar-refractivity contribution in [3.8, 4) is 0 Å². The van der Waals surface area contributed by atoms with Gasteiger partial charge in [0, 0.05) is 27.8 Å². The Hall–Kier alpha value is -2.11. The fourth-order valence-corrected chi connectivity index (χ4v) is 4.98. The van der Waals surface area contributed by atoms with Gasteiger partial charge in [0.25, 0.3) is 0 Å². The van der Waals surface area contributed by atoms with Gasteiger partial charge in [-0.3, -0.25) is 9.91 Å². The van der Waals surface area contributed by atoms with E-state index in [4.69, 9.17) is 35.4 Å². The van der Waals surface area contributed by atoms with E-state index < -0.39 is 0 Å². The number of hydrogen-bond donors (Lipinski definition) is 0. The van der Waals surface area contributed by atoms with Gasteiger partial charge in [0.1, 0.15) is 6.17 Å². The number of nitrogens with zero attached hydrogens (tertiary/aromatic N) is 3. The summed E-state index contributed by atoms with van der Waals surface area (Å²) in [5.41, 5.74) is 4.48. The molecule has 6 heteroatoms. The van der Waals surface area contributed by atoms with Gasteiger partial charge < -0.3 is 0 Å². The lowest BCUT2D eigenvalue weighted by atomic mass is 10.0. The van der Waals surface area contributed by atoms with Crippen molar-refractivity contribution in [2.24, 2.45) is 0 Å². The number of hydrazine groups is 1. The Morgan fingerprint density at radius 2 is 1.36 bits per heavy atom. The maximum absolute atomic E-state index is 6.64. The predicted octanol–water partition coefficient (Wildman–Crippen LogP) is 6.03. The van der Waals surface area contributed by atoms with Gasteiger partial charge in [-0.15, -0.1) is 0 Å². The second kappa shape index (κ2) is 7.05. The third kappa shape index (κ3) is 2.80. The number of hydrogen-bond acceptors (Lipinski definition) is 2. The van der Waals surface area contributed by atoms with E-state index >= 15 is 0 Å². The first-order valence-corrected chi connectivity index (χ1v) is 10.2. The molecule has 28 heavy (non-hydrogen) atoms. The van der Waals surface area contributed by atoms with Gasteiger partial charge >= 0.3 is 0 Å². The molecule has 1 fully saturated rings. The van der Waals surface area contributed by atoms with E-state index in [1.807, 2.05) is 36.4 Å². The second-order valence-electron chi connectivity index (χ2n) is 6.92. The van der Waals surface area contributed by atoms with Gasteiger partial charge in [-0.2, -0.15) is 5.01 Å². The molecule has 0 bridgehead atoms. The van der Waals surface area contributed by atoms with Crippen LogP contribution in [0.25, 0.3) is 0 Å². The molecule has 0 N–H and O–H groups in total. The number of benzene rings is 3. The maximum atomic E-state index is 6.64. The lowest BCUT2D eigenvalue weighted by molar-refractivity contribution is 0.00665. The van der Waals surface area contributed by atoms with Crippen LogP contribution >= 0.6 is 35.4 Å². The molecular formula is C22H17Cl2N3S. The molecule has 1 unspecified atom stereocenters. The Balaban J connectivity index is 1.69. The molecule has 3 aromatic rings. The number of thiocarbonyl (C=S) groups is 1. The summed E-state index contributed by atoms with van der Waals surface area (Å²) < 4.78 is 0. The standard InChI is InChI=1S/C22H17Cl2N3S/c23-18-11-6-12-19(24)20(18)21-25-13-15-7-4-5-8-16(15)14-26(25)22(28)27(21)17-9-2-1-3-10-17/h1-12,21H,13-14H2. The first-order valence-electron chi connectivity index (χ1n) is 9.08. The minimum atomic E-state index is -0.204. The van der Waals surface area contributed by atoms with E-state index in [1.165, 1.54) is 11.1 Å². The highest BCUT2D eigenvalue weighted by Crippen LogP contribution is 2.46. The van der Waals surface area contributed by atoms with Crippen LogP contribution in [0.3, 0.4) is 0 Å². The molecule has 5 rings (SSSR count). The van der Waals surface area contributed by atoms with Crippen LogP contribution in [0.4, 0.5) is 5.69 Å². The molecule has 1 atom stereocenters. The van der Waals surface area contributed by atoms with E-state index in [0.29, 0.717) is 10.0 Å². The lowest BCUT2D eigenvalue weighted by Crippen LogP contribution is -2.42. The minimum absolute atomic E-state index is 0.204. The molecule has 0 radical (unpaired) electrons. The van der Waals surface area contributed by atoms with Crippen LogP contribution in [0, 0.1) is 0 Å². The molecule has 0 amide bonds. The summed E-state index contributed by atoms with van der Waals surface area (Å²) in [5, 5.41) is 6.46. The van der Waals surface area contributed by atoms with E-state index in [9.17, 15) is 0 Å². The van der Waals surface area contributed by atoms with Crippen LogP contribution in [0.2, 0.25) is 10.0 Å². The molecule has 3 nitrogen and oxygen atoms in total. The summed E-state index contributed by atoms with van der Waals surface area (Å²) in [5.74, 6) is 0. The van der Waals surface area contributed by atoms with Gasteiger partial charge in [-0.05, 0) is 47.6 Å². The zero-order valence-corrected chi connectivity index (χ0v) is 17.3. The van der Waals surface area contributed by atoms with Gasteiger partial charge in [-0.25, -0.2) is 0 Å². The molecule has 1 saturated heterocycles. The molecule has 0 aliphatic carbocycles. The summed E-state index contributed by atoms with van der Waals surface area (Å²) in [6.07, 6.45) is -0.204. The summed E-state index contributed by atoms with van der Waals surface area (Å²) in [7, 11) is 0. The third-order valence-corrected chi connectivity index (χ3v) is 6.39. The van der Waals surface area contributed by atoms with Gasteiger partial charge in [0.15, 0.2) is 5.11 Å². The van der Waals surface area contributed by atoms with Crippen LogP contribution in [0.15, 0.2) is 72.8 Å². The van der Waals surface area contributed by atoms with E-state index in [-0.39, 0.29) is 6.17 Å². The van der Waals surface area contributed by atoms with Crippen molar-refractivity contribution < 1.29 is 0 Å². The molecule has 0 spiro atoms. The third-order valence-electron chi connectivity index (χ3n) is 5.33. The fraction of sp³-hybridized carbons (Fsp3) is 0.136. The quantitative estimate of drug-likeness (QED) is 0.463. The Morgan fingerprint density at radius 1 is 0.750 bits per heavy atom. The van der Waals surface area contributed by atoms with Crippen molar-refractivity contribution in [3.05, 3.63) is 99.5 Å². The monoisotopic (exact) mass is 425 g/mol. The molecule has 140 valence electrons. The van der Waals surface area contributed by atoms with Crippen molar-refractivity contribution in [1.82, 2.24) is 10.0 Å². The first-order chi connectivity index (χ1) is 13.6. The minimum Gasteiger partial charge on any atom is -0.296 e. The average molecular weight is 426 g/mol. The highest BCUT2D eigenvalue weighted by molar-refractivity contribution is 7.80. The number of para-hydroxylation sites is 1. The second-order valence-corrected chi connectivity index (χ2v) is 8.10. The highest BCUT2D eigenvalue weighted by Gasteiger charge is 2.46. The topological polar surface area (TPSA) is 9.72 Å². The molecule has 2 aliphatic heterocycles. The zero-order valence-electron chi connectivity index (χ0n) is 14.9. The van der Waals surface area contributed by atoms with Gasteiger partial charge in [0.05, 0.1) is 6.54 Å². The van der Waals surface area contributed by atoms with Gasteiger partial charge in [-0.1, -0.05) is 71.7 Å². The smallest absolute Gasteiger partial charge is 0.192 e. The lowest BCUT2D eigenvalue weighted by Gasteiger charge is -2.37. The van der Waals surface area contributed by atoms with Crippen LogP contribution in [0.5, 0.6) is 0 Å². The van der Waals surface area contributed by atoms with Crippen molar-refractivity contribution in [1.29, 1.82) is 0 Å². The maximum Gasteiger partial charge on any atom is 0.192 e. The summed E-state index contributed by atoms with van der Waals surface area (Å²) >= 11 is 19.2. The van der Waals surface area contributed by atoms with E-state index in [2.05, 4.69) is 51.3 Å². The largest absolute Gasteiger partial charge is 0.296 e. The highest BCUT2D eigenvalue weighted by atomic mass is 35.5. The molecule has 0 saturated carbocycles. The Labute approximate surface area is 179 Å². The summed E-state index contributed by atoms with van der Waals surface area (Å²) in [4.78, 5) is 2.15. The summed E-state index contributed by atoms with van der Waals surface area (Å²) in [6, 6.07) is 24.3. The van der Waals surface area contributed by atoms with Crippen LogP contribution in [-0.2, 0) is 13.1 Å². The molecule has 2 aliphatic rings. The first kappa shape index (κ1) is 18.0. The summed E-state index contributed by atoms with van der Waals surface area (Å²) in [6.45, 7) is 1.47. The molecular weight excluding hydrogens is 409 g/mol. The SMILES string of the molecule is S=C1N(c2ccccc2)C(c2c(Cl)cccc2Cl)N2Cc3ccccc3CN12. The van der Waals surface area contributed by atoms with Crippen molar-refractivity contribution in [2.75, 3.05) is 4.90 Å². The molecule has 2 heterocycles. The number of fused-ring (bicyclic) bond motifs is 2. The van der Waals surface area contributed by atoms with Gasteiger partial charge in [0.2, 0.25) is 0 Å². The zero-order chi connectivity index (χ0) is 19.3. The van der Waals surface area contributed by atoms with Crippen LogP contribution < -0.4 is 4.90 Å². The number of halogens is 2. The van der Waals surface area contributed by atoms with E-state index in [0.717, 1.165) is 29.5 Å². The molecule has 3 aromatic carbocycles. The normalized spacial score (nSPS) is 18.9. The Morgan fingerprint density at radius 3 is 2.04 bits per heavy atom. The van der Waals surface area contributed by atoms with Crippen molar-refractivity contribution in [3.63, 3.8) is 0 Å². The van der Waals surface area contributed by atoms with Crippen LogP contribution in [-0.4, -0.2) is 15.1 Å². The number of anilines is 1. The van der Waals surface area contributed by atoms with Crippen LogP contribution in [0.1, 0.15) is 22.9 Å². The Kier molecular flexibility index (Phi) is 4.52. The van der Waals surface area contributed by atoms with Crippen molar-refractivity contribution >= 4 is 46.2 Å². The number of rotatable bonds is 2. The fourth-order valence-electron chi connectivity index (χ4n) is 4.01.